The van der Waals surface area contributed by atoms with Crippen LogP contribution >= 0.6 is 23.2 Å². The summed E-state index contributed by atoms with van der Waals surface area (Å²) in [7, 11) is 0. The highest BCUT2D eigenvalue weighted by atomic mass is 35.5. The van der Waals surface area contributed by atoms with E-state index in [9.17, 15) is 0 Å². The second kappa shape index (κ2) is 6.40. The minimum Gasteiger partial charge on any atom is -0.271 e. The average Bonchev–Trinajstić information content (AvgIpc) is 2.38. The van der Waals surface area contributed by atoms with Crippen molar-refractivity contribution in [1.29, 1.82) is 0 Å². The summed E-state index contributed by atoms with van der Waals surface area (Å²) >= 11 is 12.3. The smallest absolute Gasteiger partial charge is 0.0501 e. The van der Waals surface area contributed by atoms with E-state index in [0.29, 0.717) is 5.02 Å². The lowest BCUT2D eigenvalue weighted by atomic mass is 9.99. The van der Waals surface area contributed by atoms with Gasteiger partial charge in [0.2, 0.25) is 0 Å². The van der Waals surface area contributed by atoms with Crippen LogP contribution in [-0.4, -0.2) is 0 Å². The van der Waals surface area contributed by atoms with Crippen LogP contribution in [0.15, 0.2) is 42.5 Å². The van der Waals surface area contributed by atoms with E-state index in [1.165, 1.54) is 0 Å². The van der Waals surface area contributed by atoms with Gasteiger partial charge in [-0.15, -0.1) is 0 Å². The van der Waals surface area contributed by atoms with Crippen molar-refractivity contribution in [2.75, 3.05) is 0 Å². The molecule has 0 fully saturated rings. The highest BCUT2D eigenvalue weighted by Gasteiger charge is 2.13. The lowest BCUT2D eigenvalue weighted by Gasteiger charge is -2.17. The molecule has 0 saturated heterocycles. The van der Waals surface area contributed by atoms with E-state index in [1.54, 1.807) is 0 Å². The zero-order chi connectivity index (χ0) is 13.8. The number of benzene rings is 2. The zero-order valence-electron chi connectivity index (χ0n) is 10.7. The Bertz CT molecular complexity index is 570. The van der Waals surface area contributed by atoms with E-state index in [0.717, 1.165) is 28.1 Å². The molecule has 1 unspecified atom stereocenters. The summed E-state index contributed by atoms with van der Waals surface area (Å²) in [6.07, 6.45) is 0.718. The van der Waals surface area contributed by atoms with Gasteiger partial charge in [0.05, 0.1) is 6.04 Å². The first kappa shape index (κ1) is 14.4. The summed E-state index contributed by atoms with van der Waals surface area (Å²) in [6, 6.07) is 13.7. The van der Waals surface area contributed by atoms with Crippen LogP contribution in [-0.2, 0) is 6.42 Å². The van der Waals surface area contributed by atoms with Crippen molar-refractivity contribution < 1.29 is 0 Å². The van der Waals surface area contributed by atoms with Gasteiger partial charge in [0.15, 0.2) is 0 Å². The Morgan fingerprint density at radius 3 is 2.58 bits per heavy atom. The molecule has 2 nitrogen and oxygen atoms in total. The maximum atomic E-state index is 6.25. The number of aryl methyl sites for hydroxylation is 1. The van der Waals surface area contributed by atoms with Gasteiger partial charge in [-0.05, 0) is 48.2 Å². The van der Waals surface area contributed by atoms with Gasteiger partial charge in [0.1, 0.15) is 0 Å². The monoisotopic (exact) mass is 294 g/mol. The van der Waals surface area contributed by atoms with Crippen LogP contribution in [0.4, 0.5) is 0 Å². The fraction of sp³-hybridized carbons (Fsp3) is 0.200. The first-order valence-corrected chi connectivity index (χ1v) is 6.82. The maximum Gasteiger partial charge on any atom is 0.0501 e. The Morgan fingerprint density at radius 2 is 1.95 bits per heavy atom. The largest absolute Gasteiger partial charge is 0.271 e. The van der Waals surface area contributed by atoms with Gasteiger partial charge in [0, 0.05) is 10.0 Å². The van der Waals surface area contributed by atoms with Crippen LogP contribution in [0.1, 0.15) is 22.7 Å². The molecule has 1 atom stereocenters. The zero-order valence-corrected chi connectivity index (χ0v) is 12.2. The van der Waals surface area contributed by atoms with Crippen molar-refractivity contribution in [2.24, 2.45) is 5.84 Å². The first-order chi connectivity index (χ1) is 9.10. The minimum atomic E-state index is -0.0149. The number of nitrogens with two attached hydrogens (primary N) is 1. The molecule has 0 heterocycles. The number of rotatable bonds is 4. The Labute approximate surface area is 123 Å². The Kier molecular flexibility index (Phi) is 4.83. The number of hydrogen-bond donors (Lipinski definition) is 2. The Hall–Kier alpha value is -1.06. The van der Waals surface area contributed by atoms with Crippen LogP contribution in [0.5, 0.6) is 0 Å². The summed E-state index contributed by atoms with van der Waals surface area (Å²) < 4.78 is 0. The van der Waals surface area contributed by atoms with E-state index in [1.807, 2.05) is 49.4 Å². The van der Waals surface area contributed by atoms with Crippen molar-refractivity contribution in [3.05, 3.63) is 69.2 Å². The van der Waals surface area contributed by atoms with Crippen LogP contribution in [0.25, 0.3) is 0 Å². The number of hydrogen-bond acceptors (Lipinski definition) is 2. The van der Waals surface area contributed by atoms with E-state index in [2.05, 4.69) is 5.43 Å². The summed E-state index contributed by atoms with van der Waals surface area (Å²) in [4.78, 5) is 0. The molecule has 3 N–H and O–H groups in total. The molecule has 19 heavy (non-hydrogen) atoms. The standard InChI is InChI=1S/C15H16Cl2N2/c1-10-5-6-11(14(17)7-10)9-15(19-18)12-3-2-4-13(16)8-12/h2-8,15,19H,9,18H2,1H3. The molecule has 0 radical (unpaired) electrons. The minimum absolute atomic E-state index is 0.0149. The molecular formula is C15H16Cl2N2. The molecule has 2 rings (SSSR count). The lowest BCUT2D eigenvalue weighted by molar-refractivity contribution is 0.552. The third-order valence-electron chi connectivity index (χ3n) is 3.08. The molecule has 0 aliphatic heterocycles. The van der Waals surface area contributed by atoms with Crippen molar-refractivity contribution in [1.82, 2.24) is 5.43 Å². The molecule has 2 aromatic carbocycles. The molecular weight excluding hydrogens is 279 g/mol. The van der Waals surface area contributed by atoms with Gasteiger partial charge in [-0.25, -0.2) is 0 Å². The molecule has 2 aromatic rings. The predicted octanol–water partition coefficient (Wildman–Crippen LogP) is 4.05. The summed E-state index contributed by atoms with van der Waals surface area (Å²) in [5.41, 5.74) is 6.08. The molecule has 0 amide bonds. The summed E-state index contributed by atoms with van der Waals surface area (Å²) in [5.74, 6) is 5.65. The van der Waals surface area contributed by atoms with Crippen molar-refractivity contribution in [2.45, 2.75) is 19.4 Å². The molecule has 0 spiro atoms. The van der Waals surface area contributed by atoms with Gasteiger partial charge in [0.25, 0.3) is 0 Å². The number of nitrogens with one attached hydrogen (secondary N) is 1. The van der Waals surface area contributed by atoms with Gasteiger partial charge in [-0.1, -0.05) is 47.5 Å². The molecule has 0 bridgehead atoms. The molecule has 0 aromatic heterocycles. The second-order valence-corrected chi connectivity index (χ2v) is 5.42. The Morgan fingerprint density at radius 1 is 1.16 bits per heavy atom. The molecule has 100 valence electrons. The number of halogens is 2. The molecule has 0 aliphatic rings. The van der Waals surface area contributed by atoms with E-state index >= 15 is 0 Å². The molecule has 0 saturated carbocycles. The fourth-order valence-corrected chi connectivity index (χ4v) is 2.55. The van der Waals surface area contributed by atoms with E-state index in [-0.39, 0.29) is 6.04 Å². The van der Waals surface area contributed by atoms with Gasteiger partial charge in [-0.2, -0.15) is 0 Å². The topological polar surface area (TPSA) is 38.0 Å². The number of hydrazine groups is 1. The van der Waals surface area contributed by atoms with Gasteiger partial charge in [-0.3, -0.25) is 11.3 Å². The third-order valence-corrected chi connectivity index (χ3v) is 3.67. The highest BCUT2D eigenvalue weighted by molar-refractivity contribution is 6.31. The Balaban J connectivity index is 2.24. The van der Waals surface area contributed by atoms with Crippen LogP contribution < -0.4 is 11.3 Å². The van der Waals surface area contributed by atoms with Crippen molar-refractivity contribution in [3.8, 4) is 0 Å². The van der Waals surface area contributed by atoms with Crippen molar-refractivity contribution in [3.63, 3.8) is 0 Å². The quantitative estimate of drug-likeness (QED) is 0.659. The first-order valence-electron chi connectivity index (χ1n) is 6.07. The summed E-state index contributed by atoms with van der Waals surface area (Å²) in [6.45, 7) is 2.02. The van der Waals surface area contributed by atoms with E-state index in [4.69, 9.17) is 29.0 Å². The predicted molar refractivity (Wildman–Crippen MR) is 81.4 cm³/mol. The van der Waals surface area contributed by atoms with Crippen LogP contribution in [0.3, 0.4) is 0 Å². The van der Waals surface area contributed by atoms with Gasteiger partial charge >= 0.3 is 0 Å². The third kappa shape index (κ3) is 3.71. The van der Waals surface area contributed by atoms with Crippen LogP contribution in [0.2, 0.25) is 10.0 Å². The molecule has 4 heteroatoms. The summed E-state index contributed by atoms with van der Waals surface area (Å²) in [5, 5.41) is 1.47. The van der Waals surface area contributed by atoms with Crippen molar-refractivity contribution >= 4 is 23.2 Å². The normalized spacial score (nSPS) is 12.4. The van der Waals surface area contributed by atoms with E-state index < -0.39 is 0 Å². The van der Waals surface area contributed by atoms with Crippen LogP contribution in [0, 0.1) is 6.92 Å². The highest BCUT2D eigenvalue weighted by Crippen LogP contribution is 2.25. The lowest BCUT2D eigenvalue weighted by Crippen LogP contribution is -2.29. The SMILES string of the molecule is Cc1ccc(CC(NN)c2cccc(Cl)c2)c(Cl)c1. The fourth-order valence-electron chi connectivity index (χ4n) is 2.03. The second-order valence-electron chi connectivity index (χ2n) is 4.57. The average molecular weight is 295 g/mol. The van der Waals surface area contributed by atoms with Gasteiger partial charge < -0.3 is 0 Å². The molecule has 0 aliphatic carbocycles. The maximum absolute atomic E-state index is 6.25.